The van der Waals surface area contributed by atoms with Crippen molar-refractivity contribution in [1.82, 2.24) is 10.2 Å². The summed E-state index contributed by atoms with van der Waals surface area (Å²) in [5, 5.41) is 2.49. The van der Waals surface area contributed by atoms with Gasteiger partial charge >= 0.3 is 0 Å². The quantitative estimate of drug-likeness (QED) is 0.842. The lowest BCUT2D eigenvalue weighted by Crippen LogP contribution is -2.37. The third kappa shape index (κ3) is 3.22. The van der Waals surface area contributed by atoms with Crippen molar-refractivity contribution in [3.63, 3.8) is 0 Å². The summed E-state index contributed by atoms with van der Waals surface area (Å²) in [6.07, 6.45) is 0.431. The van der Waals surface area contributed by atoms with Crippen LogP contribution in [0.3, 0.4) is 0 Å². The molecule has 1 fully saturated rings. The summed E-state index contributed by atoms with van der Waals surface area (Å²) in [5.41, 5.74) is -0.0848. The molecule has 1 saturated heterocycles. The molecule has 1 aliphatic rings. The van der Waals surface area contributed by atoms with E-state index in [1.54, 1.807) is 0 Å². The highest BCUT2D eigenvalue weighted by Gasteiger charge is 2.28. The Kier molecular flexibility index (Phi) is 4.49. The molecule has 3 amide bonds. The van der Waals surface area contributed by atoms with Gasteiger partial charge in [-0.3, -0.25) is 19.3 Å². The van der Waals surface area contributed by atoms with E-state index in [0.717, 1.165) is 4.90 Å². The van der Waals surface area contributed by atoms with E-state index in [9.17, 15) is 18.8 Å². The van der Waals surface area contributed by atoms with Gasteiger partial charge < -0.3 is 5.32 Å². The minimum Gasteiger partial charge on any atom is -0.350 e. The van der Waals surface area contributed by atoms with Crippen molar-refractivity contribution >= 4 is 33.7 Å². The molecule has 2 rings (SSSR count). The zero-order valence-corrected chi connectivity index (χ0v) is 12.1. The SMILES string of the molecule is O=C(NCCN1C(=O)CCC1=O)c1cc(Br)ccc1F. The van der Waals surface area contributed by atoms with Crippen LogP contribution in [0.1, 0.15) is 23.2 Å². The fourth-order valence-corrected chi connectivity index (χ4v) is 2.28. The number of carbonyl (C=O) groups is 3. The molecule has 0 spiro atoms. The van der Waals surface area contributed by atoms with Crippen LogP contribution in [0.2, 0.25) is 0 Å². The topological polar surface area (TPSA) is 66.5 Å². The zero-order chi connectivity index (χ0) is 14.7. The van der Waals surface area contributed by atoms with Crippen LogP contribution in [0.5, 0.6) is 0 Å². The number of imide groups is 1. The summed E-state index contributed by atoms with van der Waals surface area (Å²) in [7, 11) is 0. The Morgan fingerprint density at radius 1 is 1.30 bits per heavy atom. The van der Waals surface area contributed by atoms with Crippen molar-refractivity contribution in [2.45, 2.75) is 12.8 Å². The summed E-state index contributed by atoms with van der Waals surface area (Å²) in [4.78, 5) is 35.6. The maximum Gasteiger partial charge on any atom is 0.254 e. The molecule has 0 unspecified atom stereocenters. The molecular formula is C13H12BrFN2O3. The Morgan fingerprint density at radius 3 is 2.60 bits per heavy atom. The Labute approximate surface area is 123 Å². The van der Waals surface area contributed by atoms with E-state index < -0.39 is 11.7 Å². The largest absolute Gasteiger partial charge is 0.350 e. The Morgan fingerprint density at radius 2 is 1.95 bits per heavy atom. The number of carbonyl (C=O) groups excluding carboxylic acids is 3. The van der Waals surface area contributed by atoms with E-state index in [1.807, 2.05) is 0 Å². The minimum absolute atomic E-state index is 0.0848. The summed E-state index contributed by atoms with van der Waals surface area (Å²) in [6.45, 7) is 0.210. The number of rotatable bonds is 4. The summed E-state index contributed by atoms with van der Waals surface area (Å²) in [6, 6.07) is 4.05. The van der Waals surface area contributed by atoms with Crippen LogP contribution in [0, 0.1) is 5.82 Å². The second kappa shape index (κ2) is 6.13. The van der Waals surface area contributed by atoms with Crippen molar-refractivity contribution in [2.75, 3.05) is 13.1 Å². The van der Waals surface area contributed by atoms with E-state index in [0.29, 0.717) is 4.47 Å². The molecule has 20 heavy (non-hydrogen) atoms. The van der Waals surface area contributed by atoms with E-state index in [1.165, 1.54) is 18.2 Å². The second-order valence-corrected chi connectivity index (χ2v) is 5.23. The Balaban J connectivity index is 1.91. The standard InChI is InChI=1S/C13H12BrFN2O3/c14-8-1-2-10(15)9(7-8)13(20)16-5-6-17-11(18)3-4-12(17)19/h1-2,7H,3-6H2,(H,16,20). The molecule has 1 aromatic carbocycles. The predicted octanol–water partition coefficient (Wildman–Crippen LogP) is 1.47. The van der Waals surface area contributed by atoms with Crippen molar-refractivity contribution in [3.8, 4) is 0 Å². The molecule has 1 heterocycles. The van der Waals surface area contributed by atoms with Gasteiger partial charge in [0.25, 0.3) is 5.91 Å². The normalized spacial score (nSPS) is 14.8. The maximum absolute atomic E-state index is 13.5. The molecule has 1 aromatic rings. The first-order chi connectivity index (χ1) is 9.49. The molecule has 1 N–H and O–H groups in total. The fourth-order valence-electron chi connectivity index (χ4n) is 1.92. The number of hydrogen-bond donors (Lipinski definition) is 1. The molecular weight excluding hydrogens is 331 g/mol. The van der Waals surface area contributed by atoms with Gasteiger partial charge in [0, 0.05) is 30.4 Å². The van der Waals surface area contributed by atoms with Crippen molar-refractivity contribution in [1.29, 1.82) is 0 Å². The second-order valence-electron chi connectivity index (χ2n) is 4.32. The van der Waals surface area contributed by atoms with Crippen LogP contribution >= 0.6 is 15.9 Å². The van der Waals surface area contributed by atoms with E-state index in [-0.39, 0.29) is 43.3 Å². The van der Waals surface area contributed by atoms with Gasteiger partial charge in [-0.1, -0.05) is 15.9 Å². The summed E-state index contributed by atoms with van der Waals surface area (Å²) < 4.78 is 14.1. The van der Waals surface area contributed by atoms with Crippen LogP contribution in [0.4, 0.5) is 4.39 Å². The van der Waals surface area contributed by atoms with Crippen molar-refractivity contribution in [2.24, 2.45) is 0 Å². The highest BCUT2D eigenvalue weighted by molar-refractivity contribution is 9.10. The van der Waals surface area contributed by atoms with Gasteiger partial charge in [0.05, 0.1) is 5.56 Å². The smallest absolute Gasteiger partial charge is 0.254 e. The lowest BCUT2D eigenvalue weighted by molar-refractivity contribution is -0.138. The molecule has 106 valence electrons. The Bertz CT molecular complexity index is 561. The number of amides is 3. The summed E-state index contributed by atoms with van der Waals surface area (Å²) in [5.74, 6) is -1.68. The number of nitrogens with one attached hydrogen (secondary N) is 1. The predicted molar refractivity (Wildman–Crippen MR) is 72.4 cm³/mol. The van der Waals surface area contributed by atoms with Gasteiger partial charge in [0.1, 0.15) is 5.82 Å². The number of halogens is 2. The number of hydrogen-bond acceptors (Lipinski definition) is 3. The molecule has 0 aliphatic carbocycles. The summed E-state index contributed by atoms with van der Waals surface area (Å²) >= 11 is 3.16. The third-order valence-corrected chi connectivity index (χ3v) is 3.44. The highest BCUT2D eigenvalue weighted by Crippen LogP contribution is 2.15. The maximum atomic E-state index is 13.5. The van der Waals surface area contributed by atoms with Gasteiger partial charge in [-0.25, -0.2) is 4.39 Å². The zero-order valence-electron chi connectivity index (χ0n) is 10.5. The molecule has 7 heteroatoms. The first-order valence-corrected chi connectivity index (χ1v) is 6.85. The van der Waals surface area contributed by atoms with Crippen LogP contribution in [-0.2, 0) is 9.59 Å². The molecule has 0 radical (unpaired) electrons. The first-order valence-electron chi connectivity index (χ1n) is 6.05. The molecule has 1 aliphatic heterocycles. The van der Waals surface area contributed by atoms with Gasteiger partial charge in [-0.15, -0.1) is 0 Å². The third-order valence-electron chi connectivity index (χ3n) is 2.95. The number of likely N-dealkylation sites (tertiary alicyclic amines) is 1. The molecule has 0 bridgehead atoms. The van der Waals surface area contributed by atoms with E-state index in [4.69, 9.17) is 0 Å². The highest BCUT2D eigenvalue weighted by atomic mass is 79.9. The average molecular weight is 343 g/mol. The minimum atomic E-state index is -0.626. The van der Waals surface area contributed by atoms with Crippen molar-refractivity contribution < 1.29 is 18.8 Å². The van der Waals surface area contributed by atoms with Gasteiger partial charge in [0.15, 0.2) is 0 Å². The van der Waals surface area contributed by atoms with Crippen LogP contribution in [0.15, 0.2) is 22.7 Å². The lowest BCUT2D eigenvalue weighted by atomic mass is 10.2. The average Bonchev–Trinajstić information content (AvgIpc) is 2.73. The van der Waals surface area contributed by atoms with Gasteiger partial charge in [-0.2, -0.15) is 0 Å². The number of nitrogens with zero attached hydrogens (tertiary/aromatic N) is 1. The molecule has 0 atom stereocenters. The molecule has 5 nitrogen and oxygen atoms in total. The van der Waals surface area contributed by atoms with E-state index >= 15 is 0 Å². The van der Waals surface area contributed by atoms with Gasteiger partial charge in [-0.05, 0) is 18.2 Å². The van der Waals surface area contributed by atoms with Crippen LogP contribution < -0.4 is 5.32 Å². The van der Waals surface area contributed by atoms with E-state index in [2.05, 4.69) is 21.2 Å². The number of benzene rings is 1. The monoisotopic (exact) mass is 342 g/mol. The van der Waals surface area contributed by atoms with Gasteiger partial charge in [0.2, 0.25) is 11.8 Å². The molecule has 0 saturated carbocycles. The van der Waals surface area contributed by atoms with Crippen LogP contribution in [-0.4, -0.2) is 35.7 Å². The molecule has 0 aromatic heterocycles. The lowest BCUT2D eigenvalue weighted by Gasteiger charge is -2.14. The Hall–Kier alpha value is -1.76. The van der Waals surface area contributed by atoms with Crippen LogP contribution in [0.25, 0.3) is 0 Å². The first kappa shape index (κ1) is 14.6. The van der Waals surface area contributed by atoms with Crippen molar-refractivity contribution in [3.05, 3.63) is 34.1 Å². The fraction of sp³-hybridized carbons (Fsp3) is 0.308.